The highest BCUT2D eigenvalue weighted by atomic mass is 79.9. The number of aromatic nitrogens is 1. The maximum absolute atomic E-state index is 13.9. The van der Waals surface area contributed by atoms with Gasteiger partial charge in [-0.15, -0.1) is 0 Å². The molecule has 6 nitrogen and oxygen atoms in total. The van der Waals surface area contributed by atoms with E-state index in [-0.39, 0.29) is 24.6 Å². The molecule has 0 saturated carbocycles. The third-order valence-electron chi connectivity index (χ3n) is 6.28. The summed E-state index contributed by atoms with van der Waals surface area (Å²) < 4.78 is 47.9. The van der Waals surface area contributed by atoms with Gasteiger partial charge in [0.2, 0.25) is 5.88 Å². The molecule has 0 radical (unpaired) electrons. The zero-order valence-electron chi connectivity index (χ0n) is 21.4. The van der Waals surface area contributed by atoms with E-state index in [0.717, 1.165) is 36.8 Å². The van der Waals surface area contributed by atoms with Crippen LogP contribution in [-0.2, 0) is 6.18 Å². The SMILES string of the molecule is C[C@@H]1CN(c2ccc(Br)cc2NC(=O)c2cnc(OCCS(C)(C)C)cc2C(F)(F)F)C[C@H](C)N1C. The van der Waals surface area contributed by atoms with Crippen molar-refractivity contribution in [2.24, 2.45) is 0 Å². The largest absolute Gasteiger partial charge is 0.477 e. The Labute approximate surface area is 221 Å². The lowest BCUT2D eigenvalue weighted by Crippen LogP contribution is -2.55. The summed E-state index contributed by atoms with van der Waals surface area (Å²) in [6.07, 6.45) is 2.48. The van der Waals surface area contributed by atoms with E-state index in [4.69, 9.17) is 4.74 Å². The molecule has 3 rings (SSSR count). The zero-order chi connectivity index (χ0) is 26.8. The minimum atomic E-state index is -4.74. The first-order chi connectivity index (χ1) is 16.7. The minimum absolute atomic E-state index is 0.147. The van der Waals surface area contributed by atoms with Crippen molar-refractivity contribution in [1.29, 1.82) is 0 Å². The fourth-order valence-electron chi connectivity index (χ4n) is 4.00. The summed E-state index contributed by atoms with van der Waals surface area (Å²) in [6, 6.07) is 6.77. The second-order valence-corrected chi connectivity index (χ2v) is 15.6. The molecule has 2 atom stereocenters. The number of nitrogens with one attached hydrogen (secondary N) is 1. The van der Waals surface area contributed by atoms with Gasteiger partial charge in [-0.05, 0) is 57.9 Å². The number of carbonyl (C=O) groups excluding carboxylic acids is 1. The Balaban J connectivity index is 1.88. The van der Waals surface area contributed by atoms with Crippen LogP contribution in [0.5, 0.6) is 5.88 Å². The van der Waals surface area contributed by atoms with E-state index < -0.39 is 33.2 Å². The van der Waals surface area contributed by atoms with Crippen molar-refractivity contribution in [3.05, 3.63) is 46.1 Å². The Morgan fingerprint density at radius 2 is 1.83 bits per heavy atom. The lowest BCUT2D eigenvalue weighted by Gasteiger charge is -2.44. The molecule has 2 heterocycles. The molecule has 1 aromatic carbocycles. The molecule has 0 spiro atoms. The monoisotopic (exact) mass is 590 g/mol. The van der Waals surface area contributed by atoms with E-state index in [1.807, 2.05) is 12.1 Å². The molecule has 1 amide bonds. The maximum Gasteiger partial charge on any atom is 0.417 e. The quantitative estimate of drug-likeness (QED) is 0.447. The van der Waals surface area contributed by atoms with Gasteiger partial charge in [0.05, 0.1) is 29.1 Å². The Morgan fingerprint density at radius 3 is 2.42 bits per heavy atom. The predicted octanol–water partition coefficient (Wildman–Crippen LogP) is 5.72. The minimum Gasteiger partial charge on any atom is -0.477 e. The van der Waals surface area contributed by atoms with Crippen LogP contribution in [0, 0.1) is 0 Å². The summed E-state index contributed by atoms with van der Waals surface area (Å²) in [4.78, 5) is 21.6. The molecule has 0 unspecified atom stereocenters. The van der Waals surface area contributed by atoms with Gasteiger partial charge in [-0.3, -0.25) is 9.69 Å². The van der Waals surface area contributed by atoms with Gasteiger partial charge >= 0.3 is 6.18 Å². The average Bonchev–Trinajstić information content (AvgIpc) is 2.75. The second-order valence-electron chi connectivity index (χ2n) is 10.1. The number of rotatable bonds is 7. The molecule has 11 heteroatoms. The molecule has 1 N–H and O–H groups in total. The normalized spacial score (nSPS) is 19.8. The standard InChI is InChI=1S/C25H34BrF3N4O2S/c1-16-14-33(15-17(2)32(16)3)22-8-7-18(26)11-21(22)31-24(34)19-13-30-23(12-20(19)25(27,28)29)35-9-10-36(4,5)6/h7-8,11-13,16-17H,9-10,14-15H2,1-6H3,(H,31,34)/t16-,17+. The van der Waals surface area contributed by atoms with Gasteiger partial charge in [0.1, 0.15) is 0 Å². The van der Waals surface area contributed by atoms with E-state index in [2.05, 4.69) is 75.7 Å². The Kier molecular flexibility index (Phi) is 8.88. The van der Waals surface area contributed by atoms with Gasteiger partial charge in [0.25, 0.3) is 5.91 Å². The van der Waals surface area contributed by atoms with Crippen molar-refractivity contribution in [2.75, 3.05) is 61.5 Å². The van der Waals surface area contributed by atoms with E-state index in [9.17, 15) is 18.0 Å². The number of likely N-dealkylation sites (N-methyl/N-ethyl adjacent to an activating group) is 1. The Hall–Kier alpha value is -1.98. The number of amides is 1. The van der Waals surface area contributed by atoms with Gasteiger partial charge in [-0.1, -0.05) is 15.9 Å². The molecule has 1 aliphatic heterocycles. The second kappa shape index (κ2) is 11.2. The smallest absolute Gasteiger partial charge is 0.417 e. The molecular weight excluding hydrogens is 557 g/mol. The van der Waals surface area contributed by atoms with Crippen LogP contribution in [0.3, 0.4) is 0 Å². The van der Waals surface area contributed by atoms with Crippen LogP contribution in [0.25, 0.3) is 0 Å². The molecule has 1 aromatic heterocycles. The average molecular weight is 592 g/mol. The van der Waals surface area contributed by atoms with Gasteiger partial charge in [-0.2, -0.15) is 13.2 Å². The molecule has 0 aliphatic carbocycles. The van der Waals surface area contributed by atoms with Gasteiger partial charge in [0, 0.05) is 47.7 Å². The molecule has 2 aromatic rings. The van der Waals surface area contributed by atoms with E-state index in [0.29, 0.717) is 10.2 Å². The topological polar surface area (TPSA) is 57.7 Å². The van der Waals surface area contributed by atoms with Crippen molar-refractivity contribution in [1.82, 2.24) is 9.88 Å². The van der Waals surface area contributed by atoms with Crippen molar-refractivity contribution >= 4 is 43.2 Å². The van der Waals surface area contributed by atoms with Crippen LogP contribution in [-0.4, -0.2) is 79.1 Å². The van der Waals surface area contributed by atoms with Crippen molar-refractivity contribution < 1.29 is 22.7 Å². The highest BCUT2D eigenvalue weighted by molar-refractivity contribution is 9.10. The maximum atomic E-state index is 13.9. The fourth-order valence-corrected chi connectivity index (χ4v) is 4.95. The van der Waals surface area contributed by atoms with Crippen LogP contribution < -0.4 is 15.0 Å². The number of ether oxygens (including phenoxy) is 1. The first kappa shape index (κ1) is 28.6. The van der Waals surface area contributed by atoms with E-state index in [1.165, 1.54) is 0 Å². The number of carbonyl (C=O) groups is 1. The van der Waals surface area contributed by atoms with Crippen LogP contribution in [0.2, 0.25) is 0 Å². The van der Waals surface area contributed by atoms with Crippen LogP contribution in [0.15, 0.2) is 34.9 Å². The van der Waals surface area contributed by atoms with Gasteiger partial charge < -0.3 is 15.0 Å². The van der Waals surface area contributed by atoms with Crippen molar-refractivity contribution in [2.45, 2.75) is 32.1 Å². The molecule has 1 fully saturated rings. The number of nitrogens with zero attached hydrogens (tertiary/aromatic N) is 3. The number of piperazine rings is 1. The fraction of sp³-hybridized carbons (Fsp3) is 0.520. The molecule has 200 valence electrons. The summed E-state index contributed by atoms with van der Waals surface area (Å²) in [5.41, 5.74) is -0.446. The number of hydrogen-bond acceptors (Lipinski definition) is 5. The first-order valence-corrected chi connectivity index (χ1v) is 15.4. The first-order valence-electron chi connectivity index (χ1n) is 11.6. The highest BCUT2D eigenvalue weighted by Gasteiger charge is 2.37. The lowest BCUT2D eigenvalue weighted by molar-refractivity contribution is -0.138. The van der Waals surface area contributed by atoms with Crippen LogP contribution >= 0.6 is 26.0 Å². The Morgan fingerprint density at radius 1 is 1.19 bits per heavy atom. The molecule has 1 aliphatic rings. The summed E-state index contributed by atoms with van der Waals surface area (Å²) >= 11 is 3.41. The zero-order valence-corrected chi connectivity index (χ0v) is 23.9. The number of alkyl halides is 3. The third kappa shape index (κ3) is 7.29. The van der Waals surface area contributed by atoms with Crippen molar-refractivity contribution in [3.8, 4) is 5.88 Å². The lowest BCUT2D eigenvalue weighted by atomic mass is 10.1. The number of pyridine rings is 1. The van der Waals surface area contributed by atoms with E-state index in [1.54, 1.807) is 6.07 Å². The van der Waals surface area contributed by atoms with Gasteiger partial charge in [0.15, 0.2) is 0 Å². The summed E-state index contributed by atoms with van der Waals surface area (Å²) in [6.45, 7) is 5.95. The van der Waals surface area contributed by atoms with Gasteiger partial charge in [-0.25, -0.2) is 15.0 Å². The molecule has 1 saturated heterocycles. The molecule has 0 bridgehead atoms. The summed E-state index contributed by atoms with van der Waals surface area (Å²) in [5, 5.41) is 2.70. The number of anilines is 2. The third-order valence-corrected chi connectivity index (χ3v) is 8.17. The summed E-state index contributed by atoms with van der Waals surface area (Å²) in [7, 11) is 1.20. The number of hydrogen-bond donors (Lipinski definition) is 1. The summed E-state index contributed by atoms with van der Waals surface area (Å²) in [5.74, 6) is -0.297. The van der Waals surface area contributed by atoms with E-state index >= 15 is 0 Å². The molecule has 36 heavy (non-hydrogen) atoms. The van der Waals surface area contributed by atoms with Crippen molar-refractivity contribution in [3.63, 3.8) is 0 Å². The van der Waals surface area contributed by atoms with Crippen LogP contribution in [0.1, 0.15) is 29.8 Å². The number of benzene rings is 1. The van der Waals surface area contributed by atoms with Crippen LogP contribution in [0.4, 0.5) is 24.5 Å². The highest BCUT2D eigenvalue weighted by Crippen LogP contribution is 2.37. The number of halogens is 4. The molecular formula is C25H34BrF3N4O2S. The Bertz CT molecular complexity index is 1080. The predicted molar refractivity (Wildman–Crippen MR) is 146 cm³/mol.